The van der Waals surface area contributed by atoms with Gasteiger partial charge in [0, 0.05) is 0 Å². The smallest absolute Gasteiger partial charge is 0.0540 e. The van der Waals surface area contributed by atoms with Crippen molar-refractivity contribution in [1.82, 2.24) is 0 Å². The van der Waals surface area contributed by atoms with Gasteiger partial charge >= 0.3 is 0 Å². The Bertz CT molecular complexity index is 286. The fourth-order valence-corrected chi connectivity index (χ4v) is 5.13. The lowest BCUT2D eigenvalue weighted by atomic mass is 9.67. The summed E-state index contributed by atoms with van der Waals surface area (Å²) in [6, 6.07) is 0. The molecule has 1 heteroatoms. The van der Waals surface area contributed by atoms with Gasteiger partial charge in [0.2, 0.25) is 0 Å². The molecule has 0 aromatic rings. The largest absolute Gasteiger partial charge is 0.393 e. The summed E-state index contributed by atoms with van der Waals surface area (Å²) in [4.78, 5) is 0. The summed E-state index contributed by atoms with van der Waals surface area (Å²) >= 11 is 0. The van der Waals surface area contributed by atoms with E-state index in [0.29, 0.717) is 5.41 Å². The van der Waals surface area contributed by atoms with E-state index < -0.39 is 0 Å². The molecule has 2 unspecified atom stereocenters. The first kappa shape index (κ1) is 19.3. The molecular formula is C22H42O. The van der Waals surface area contributed by atoms with Gasteiger partial charge in [-0.3, -0.25) is 0 Å². The number of hydrogen-bond donors (Lipinski definition) is 1. The summed E-state index contributed by atoms with van der Waals surface area (Å²) in [5.74, 6) is 0.913. The molecule has 0 amide bonds. The molecular weight excluding hydrogens is 280 g/mol. The standard InChI is InChI=1S/C22H42O/c1-22(18-13-16-21(23)17-19-22)20-14-11-9-7-5-3-2-4-6-8-10-12-15-20/h20-21,23H,2-19H2,1H3. The summed E-state index contributed by atoms with van der Waals surface area (Å²) in [7, 11) is 0. The maximum Gasteiger partial charge on any atom is 0.0540 e. The lowest BCUT2D eigenvalue weighted by Crippen LogP contribution is -2.27. The van der Waals surface area contributed by atoms with Gasteiger partial charge in [0.25, 0.3) is 0 Å². The Balaban J connectivity index is 1.88. The molecule has 0 spiro atoms. The Morgan fingerprint density at radius 3 is 1.57 bits per heavy atom. The van der Waals surface area contributed by atoms with Crippen LogP contribution in [0, 0.1) is 11.3 Å². The molecule has 0 aromatic carbocycles. The predicted octanol–water partition coefficient (Wildman–Crippen LogP) is 7.02. The molecule has 136 valence electrons. The van der Waals surface area contributed by atoms with Crippen LogP contribution in [0.25, 0.3) is 0 Å². The van der Waals surface area contributed by atoms with E-state index in [1.165, 1.54) is 103 Å². The van der Waals surface area contributed by atoms with Crippen molar-refractivity contribution >= 4 is 0 Å². The molecule has 2 atom stereocenters. The quantitative estimate of drug-likeness (QED) is 0.514. The molecule has 1 nitrogen and oxygen atoms in total. The van der Waals surface area contributed by atoms with Gasteiger partial charge in [-0.05, 0) is 49.9 Å². The maximum absolute atomic E-state index is 10.0. The van der Waals surface area contributed by atoms with Crippen LogP contribution in [0.1, 0.15) is 122 Å². The highest BCUT2D eigenvalue weighted by molar-refractivity contribution is 4.86. The Morgan fingerprint density at radius 1 is 0.565 bits per heavy atom. The molecule has 23 heavy (non-hydrogen) atoms. The van der Waals surface area contributed by atoms with Crippen molar-refractivity contribution in [2.24, 2.45) is 11.3 Å². The third kappa shape index (κ3) is 7.16. The first-order valence-corrected chi connectivity index (χ1v) is 10.9. The second-order valence-corrected chi connectivity index (χ2v) is 8.90. The zero-order chi connectivity index (χ0) is 16.4. The molecule has 0 aliphatic heterocycles. The van der Waals surface area contributed by atoms with Crippen molar-refractivity contribution in [2.45, 2.75) is 129 Å². The Kier molecular flexibility index (Phi) is 9.01. The van der Waals surface area contributed by atoms with Crippen LogP contribution in [0.15, 0.2) is 0 Å². The minimum atomic E-state index is -0.0182. The van der Waals surface area contributed by atoms with Crippen molar-refractivity contribution in [1.29, 1.82) is 0 Å². The summed E-state index contributed by atoms with van der Waals surface area (Å²) in [5, 5.41) is 10.0. The van der Waals surface area contributed by atoms with E-state index in [1.54, 1.807) is 0 Å². The molecule has 2 aliphatic rings. The van der Waals surface area contributed by atoms with Crippen LogP contribution in [0.3, 0.4) is 0 Å². The van der Waals surface area contributed by atoms with E-state index in [2.05, 4.69) is 6.92 Å². The minimum Gasteiger partial charge on any atom is -0.393 e. The molecule has 0 aromatic heterocycles. The molecule has 0 saturated heterocycles. The summed E-state index contributed by atoms with van der Waals surface area (Å²) < 4.78 is 0. The van der Waals surface area contributed by atoms with E-state index in [-0.39, 0.29) is 6.10 Å². The number of aliphatic hydroxyl groups is 1. The van der Waals surface area contributed by atoms with Crippen LogP contribution < -0.4 is 0 Å². The monoisotopic (exact) mass is 322 g/mol. The van der Waals surface area contributed by atoms with Crippen LogP contribution in [0.4, 0.5) is 0 Å². The van der Waals surface area contributed by atoms with Gasteiger partial charge in [-0.15, -0.1) is 0 Å². The Hall–Kier alpha value is -0.0400. The van der Waals surface area contributed by atoms with Gasteiger partial charge < -0.3 is 5.11 Å². The van der Waals surface area contributed by atoms with Gasteiger partial charge in [-0.2, -0.15) is 0 Å². The van der Waals surface area contributed by atoms with Gasteiger partial charge in [0.15, 0.2) is 0 Å². The average molecular weight is 323 g/mol. The lowest BCUT2D eigenvalue weighted by Gasteiger charge is -2.38. The van der Waals surface area contributed by atoms with Gasteiger partial charge in [-0.25, -0.2) is 0 Å². The molecule has 0 radical (unpaired) electrons. The number of hydrogen-bond acceptors (Lipinski definition) is 1. The predicted molar refractivity (Wildman–Crippen MR) is 101 cm³/mol. The van der Waals surface area contributed by atoms with E-state index in [9.17, 15) is 5.11 Å². The molecule has 2 rings (SSSR count). The number of aliphatic hydroxyl groups excluding tert-OH is 1. The first-order valence-electron chi connectivity index (χ1n) is 10.9. The Morgan fingerprint density at radius 2 is 1.04 bits per heavy atom. The molecule has 2 saturated carbocycles. The highest BCUT2D eigenvalue weighted by Gasteiger charge is 2.35. The molecule has 0 bridgehead atoms. The molecule has 0 heterocycles. The highest BCUT2D eigenvalue weighted by atomic mass is 16.3. The highest BCUT2D eigenvalue weighted by Crippen LogP contribution is 2.45. The van der Waals surface area contributed by atoms with Crippen molar-refractivity contribution < 1.29 is 5.11 Å². The summed E-state index contributed by atoms with van der Waals surface area (Å²) in [6.45, 7) is 2.55. The topological polar surface area (TPSA) is 20.2 Å². The third-order valence-corrected chi connectivity index (χ3v) is 6.92. The van der Waals surface area contributed by atoms with Crippen LogP contribution in [0.2, 0.25) is 0 Å². The SMILES string of the molecule is CC1(C2CCCCCCCCCCCCC2)CCCC(O)CC1. The van der Waals surface area contributed by atoms with Crippen molar-refractivity contribution in [3.63, 3.8) is 0 Å². The third-order valence-electron chi connectivity index (χ3n) is 6.92. The second-order valence-electron chi connectivity index (χ2n) is 8.90. The zero-order valence-electron chi connectivity index (χ0n) is 15.8. The molecule has 2 aliphatic carbocycles. The van der Waals surface area contributed by atoms with Gasteiger partial charge in [-0.1, -0.05) is 84.0 Å². The van der Waals surface area contributed by atoms with Crippen molar-refractivity contribution in [3.05, 3.63) is 0 Å². The van der Waals surface area contributed by atoms with Crippen LogP contribution >= 0.6 is 0 Å². The van der Waals surface area contributed by atoms with Crippen molar-refractivity contribution in [3.8, 4) is 0 Å². The molecule has 1 N–H and O–H groups in total. The minimum absolute atomic E-state index is 0.0182. The van der Waals surface area contributed by atoms with Gasteiger partial charge in [0.05, 0.1) is 6.10 Å². The lowest BCUT2D eigenvalue weighted by molar-refractivity contribution is 0.114. The fraction of sp³-hybridized carbons (Fsp3) is 1.00. The van der Waals surface area contributed by atoms with Crippen LogP contribution in [-0.2, 0) is 0 Å². The van der Waals surface area contributed by atoms with E-state index in [1.807, 2.05) is 0 Å². The normalized spacial score (nSPS) is 34.4. The Labute approximate surface area is 145 Å². The molecule has 2 fully saturated rings. The summed E-state index contributed by atoms with van der Waals surface area (Å²) in [6.07, 6.45) is 24.9. The van der Waals surface area contributed by atoms with Crippen molar-refractivity contribution in [2.75, 3.05) is 0 Å². The van der Waals surface area contributed by atoms with E-state index in [4.69, 9.17) is 0 Å². The zero-order valence-corrected chi connectivity index (χ0v) is 15.8. The fourth-order valence-electron chi connectivity index (χ4n) is 5.13. The van der Waals surface area contributed by atoms with E-state index >= 15 is 0 Å². The second kappa shape index (κ2) is 10.7. The summed E-state index contributed by atoms with van der Waals surface area (Å²) in [5.41, 5.74) is 0.508. The maximum atomic E-state index is 10.0. The first-order chi connectivity index (χ1) is 11.2. The van der Waals surface area contributed by atoms with Crippen LogP contribution in [0.5, 0.6) is 0 Å². The van der Waals surface area contributed by atoms with E-state index in [0.717, 1.165) is 18.8 Å². The number of rotatable bonds is 1. The van der Waals surface area contributed by atoms with Crippen LogP contribution in [-0.4, -0.2) is 11.2 Å². The van der Waals surface area contributed by atoms with Gasteiger partial charge in [0.1, 0.15) is 0 Å². The average Bonchev–Trinajstić information content (AvgIpc) is 2.71.